The molecule has 0 spiro atoms. The predicted molar refractivity (Wildman–Crippen MR) is 99.0 cm³/mol. The van der Waals surface area contributed by atoms with Gasteiger partial charge in [0, 0.05) is 35.9 Å². The smallest absolute Gasteiger partial charge is 0.322 e. The molecule has 1 saturated heterocycles. The summed E-state index contributed by atoms with van der Waals surface area (Å²) in [6, 6.07) is 5.24. The van der Waals surface area contributed by atoms with Gasteiger partial charge >= 0.3 is 6.03 Å². The lowest BCUT2D eigenvalue weighted by Gasteiger charge is -2.24. The molecule has 0 bridgehead atoms. The minimum atomic E-state index is -0.119. The standard InChI is InChI=1S/C18H22N4O2S/c1-3-19-16(23)13-6-7-14(12(2)11-13)21-18(24)22-9-4-5-15(22)17-20-8-10-25-17/h6-8,10-11,15H,3-5,9H2,1-2H3,(H,19,23)(H,21,24)/t15-/m0/s1. The van der Waals surface area contributed by atoms with Crippen molar-refractivity contribution in [1.29, 1.82) is 0 Å². The van der Waals surface area contributed by atoms with E-state index in [0.717, 1.165) is 35.6 Å². The third-order valence-electron chi connectivity index (χ3n) is 4.32. The molecule has 2 aromatic rings. The summed E-state index contributed by atoms with van der Waals surface area (Å²) in [4.78, 5) is 30.8. The number of urea groups is 1. The van der Waals surface area contributed by atoms with Gasteiger partial charge in [0.2, 0.25) is 0 Å². The second-order valence-corrected chi connectivity index (χ2v) is 6.97. The van der Waals surface area contributed by atoms with Gasteiger partial charge in [0.15, 0.2) is 0 Å². The fourth-order valence-electron chi connectivity index (χ4n) is 3.06. The van der Waals surface area contributed by atoms with Gasteiger partial charge in [-0.25, -0.2) is 9.78 Å². The van der Waals surface area contributed by atoms with E-state index >= 15 is 0 Å². The maximum atomic E-state index is 12.7. The van der Waals surface area contributed by atoms with E-state index in [1.807, 2.05) is 24.1 Å². The molecule has 0 unspecified atom stereocenters. The molecule has 3 amide bonds. The molecule has 2 N–H and O–H groups in total. The van der Waals surface area contributed by atoms with Gasteiger partial charge in [-0.05, 0) is 50.5 Å². The molecule has 1 atom stereocenters. The summed E-state index contributed by atoms with van der Waals surface area (Å²) in [5.41, 5.74) is 2.18. The Balaban J connectivity index is 1.71. The van der Waals surface area contributed by atoms with Crippen molar-refractivity contribution in [2.24, 2.45) is 0 Å². The number of likely N-dealkylation sites (tertiary alicyclic amines) is 1. The molecule has 1 aromatic heterocycles. The zero-order chi connectivity index (χ0) is 17.8. The molecule has 1 aliphatic rings. The number of hydrogen-bond acceptors (Lipinski definition) is 4. The first-order valence-electron chi connectivity index (χ1n) is 8.46. The van der Waals surface area contributed by atoms with Crippen LogP contribution < -0.4 is 10.6 Å². The normalized spacial score (nSPS) is 16.7. The van der Waals surface area contributed by atoms with Crippen LogP contribution >= 0.6 is 11.3 Å². The maximum Gasteiger partial charge on any atom is 0.322 e. The fourth-order valence-corrected chi connectivity index (χ4v) is 3.85. The van der Waals surface area contributed by atoms with Crippen LogP contribution in [0.25, 0.3) is 0 Å². The monoisotopic (exact) mass is 358 g/mol. The van der Waals surface area contributed by atoms with Gasteiger partial charge in [-0.15, -0.1) is 11.3 Å². The Morgan fingerprint density at radius 1 is 1.40 bits per heavy atom. The van der Waals surface area contributed by atoms with Crippen molar-refractivity contribution in [2.45, 2.75) is 32.7 Å². The van der Waals surface area contributed by atoms with E-state index in [-0.39, 0.29) is 18.0 Å². The third kappa shape index (κ3) is 3.82. The first-order chi connectivity index (χ1) is 12.1. The van der Waals surface area contributed by atoms with Crippen molar-refractivity contribution in [2.75, 3.05) is 18.4 Å². The number of aryl methyl sites for hydroxylation is 1. The highest BCUT2D eigenvalue weighted by Gasteiger charge is 2.31. The van der Waals surface area contributed by atoms with Crippen molar-refractivity contribution in [3.63, 3.8) is 0 Å². The lowest BCUT2D eigenvalue weighted by molar-refractivity contribution is 0.0955. The summed E-state index contributed by atoms with van der Waals surface area (Å²) in [6.45, 7) is 5.09. The van der Waals surface area contributed by atoms with Crippen LogP contribution in [0, 0.1) is 6.92 Å². The van der Waals surface area contributed by atoms with E-state index < -0.39 is 0 Å². The van der Waals surface area contributed by atoms with Crippen molar-refractivity contribution in [3.05, 3.63) is 45.9 Å². The summed E-state index contributed by atoms with van der Waals surface area (Å²) in [5, 5.41) is 8.67. The van der Waals surface area contributed by atoms with Gasteiger partial charge in [0.1, 0.15) is 5.01 Å². The Bertz CT molecular complexity index is 760. The van der Waals surface area contributed by atoms with Gasteiger partial charge in [-0.2, -0.15) is 0 Å². The number of anilines is 1. The van der Waals surface area contributed by atoms with Crippen molar-refractivity contribution >= 4 is 29.0 Å². The number of rotatable bonds is 4. The molecule has 0 radical (unpaired) electrons. The van der Waals surface area contributed by atoms with E-state index in [2.05, 4.69) is 15.6 Å². The summed E-state index contributed by atoms with van der Waals surface area (Å²) in [5.74, 6) is -0.105. The zero-order valence-corrected chi connectivity index (χ0v) is 15.2. The molecule has 132 valence electrons. The van der Waals surface area contributed by atoms with E-state index in [0.29, 0.717) is 12.1 Å². The van der Waals surface area contributed by atoms with Gasteiger partial charge < -0.3 is 15.5 Å². The molecule has 3 rings (SSSR count). The zero-order valence-electron chi connectivity index (χ0n) is 14.4. The Kier molecular flexibility index (Phi) is 5.33. The summed E-state index contributed by atoms with van der Waals surface area (Å²) >= 11 is 1.58. The molecule has 1 fully saturated rings. The van der Waals surface area contributed by atoms with E-state index in [4.69, 9.17) is 0 Å². The van der Waals surface area contributed by atoms with E-state index in [1.54, 1.807) is 35.7 Å². The van der Waals surface area contributed by atoms with Crippen molar-refractivity contribution < 1.29 is 9.59 Å². The average molecular weight is 358 g/mol. The van der Waals surface area contributed by atoms with E-state index in [9.17, 15) is 9.59 Å². The SMILES string of the molecule is CCNC(=O)c1ccc(NC(=O)N2CCC[C@H]2c2nccs2)c(C)c1. The van der Waals surface area contributed by atoms with Crippen molar-refractivity contribution in [1.82, 2.24) is 15.2 Å². The molecule has 2 heterocycles. The van der Waals surface area contributed by atoms with Gasteiger partial charge in [0.05, 0.1) is 6.04 Å². The Hall–Kier alpha value is -2.41. The lowest BCUT2D eigenvalue weighted by atomic mass is 10.1. The topological polar surface area (TPSA) is 74.3 Å². The van der Waals surface area contributed by atoms with Crippen LogP contribution in [0.1, 0.15) is 46.7 Å². The molecule has 0 aliphatic carbocycles. The highest BCUT2D eigenvalue weighted by molar-refractivity contribution is 7.09. The predicted octanol–water partition coefficient (Wildman–Crippen LogP) is 3.57. The Morgan fingerprint density at radius 2 is 2.24 bits per heavy atom. The van der Waals surface area contributed by atoms with Crippen molar-refractivity contribution in [3.8, 4) is 0 Å². The van der Waals surface area contributed by atoms with E-state index in [1.165, 1.54) is 0 Å². The van der Waals surface area contributed by atoms with Crippen LogP contribution in [0.2, 0.25) is 0 Å². The number of amides is 3. The summed E-state index contributed by atoms with van der Waals surface area (Å²) in [6.07, 6.45) is 3.70. The molecule has 0 saturated carbocycles. The molecular weight excluding hydrogens is 336 g/mol. The first-order valence-corrected chi connectivity index (χ1v) is 9.34. The molecule has 7 heteroatoms. The number of nitrogens with one attached hydrogen (secondary N) is 2. The second-order valence-electron chi connectivity index (χ2n) is 6.04. The number of carbonyl (C=O) groups is 2. The van der Waals surface area contributed by atoms with Crippen LogP contribution in [-0.2, 0) is 0 Å². The summed E-state index contributed by atoms with van der Waals surface area (Å²) < 4.78 is 0. The van der Waals surface area contributed by atoms with Crippen LogP contribution in [0.5, 0.6) is 0 Å². The third-order valence-corrected chi connectivity index (χ3v) is 5.19. The number of thiazole rings is 1. The molecule has 6 nitrogen and oxygen atoms in total. The van der Waals surface area contributed by atoms with Crippen LogP contribution in [0.4, 0.5) is 10.5 Å². The maximum absolute atomic E-state index is 12.7. The van der Waals surface area contributed by atoms with Gasteiger partial charge in [-0.3, -0.25) is 4.79 Å². The molecule has 25 heavy (non-hydrogen) atoms. The number of nitrogens with zero attached hydrogens (tertiary/aromatic N) is 2. The minimum Gasteiger partial charge on any atom is -0.352 e. The fraction of sp³-hybridized carbons (Fsp3) is 0.389. The molecule has 1 aromatic carbocycles. The number of benzene rings is 1. The highest BCUT2D eigenvalue weighted by atomic mass is 32.1. The number of hydrogen-bond donors (Lipinski definition) is 2. The first kappa shape index (κ1) is 17.4. The molecule has 1 aliphatic heterocycles. The highest BCUT2D eigenvalue weighted by Crippen LogP contribution is 2.33. The number of carbonyl (C=O) groups excluding carboxylic acids is 2. The lowest BCUT2D eigenvalue weighted by Crippen LogP contribution is -2.34. The number of aromatic nitrogens is 1. The van der Waals surface area contributed by atoms with Crippen LogP contribution in [-0.4, -0.2) is 34.9 Å². The molecular formula is C18H22N4O2S. The quantitative estimate of drug-likeness (QED) is 0.877. The van der Waals surface area contributed by atoms with Gasteiger partial charge in [-0.1, -0.05) is 0 Å². The van der Waals surface area contributed by atoms with Gasteiger partial charge in [0.25, 0.3) is 5.91 Å². The largest absolute Gasteiger partial charge is 0.352 e. The van der Waals surface area contributed by atoms with Crippen LogP contribution in [0.15, 0.2) is 29.8 Å². The minimum absolute atomic E-state index is 0.0508. The average Bonchev–Trinajstić information content (AvgIpc) is 3.27. The van der Waals surface area contributed by atoms with Crippen LogP contribution in [0.3, 0.4) is 0 Å². The Morgan fingerprint density at radius 3 is 2.92 bits per heavy atom. The second kappa shape index (κ2) is 7.65. The summed E-state index contributed by atoms with van der Waals surface area (Å²) in [7, 11) is 0. The Labute approximate surface area is 151 Å².